The SMILES string of the molecule is Cc1cccc2c(C(=O)O)c(C)n(-c3ccccc3)c(=O)c12. The third-order valence-corrected chi connectivity index (χ3v) is 3.88. The molecule has 4 heteroatoms. The molecule has 0 saturated carbocycles. The van der Waals surface area contributed by atoms with E-state index in [-0.39, 0.29) is 11.1 Å². The maximum absolute atomic E-state index is 12.9. The quantitative estimate of drug-likeness (QED) is 0.788. The topological polar surface area (TPSA) is 59.3 Å². The van der Waals surface area contributed by atoms with Gasteiger partial charge in [-0.05, 0) is 31.5 Å². The van der Waals surface area contributed by atoms with Gasteiger partial charge < -0.3 is 5.11 Å². The lowest BCUT2D eigenvalue weighted by molar-refractivity contribution is 0.0697. The van der Waals surface area contributed by atoms with Crippen LogP contribution in [0, 0.1) is 13.8 Å². The molecule has 0 atom stereocenters. The fraction of sp³-hybridized carbons (Fsp3) is 0.111. The third-order valence-electron chi connectivity index (χ3n) is 3.88. The Bertz CT molecular complexity index is 940. The summed E-state index contributed by atoms with van der Waals surface area (Å²) in [5.41, 5.74) is 1.85. The highest BCUT2D eigenvalue weighted by molar-refractivity contribution is 6.05. The van der Waals surface area contributed by atoms with E-state index < -0.39 is 5.97 Å². The largest absolute Gasteiger partial charge is 0.478 e. The Kier molecular flexibility index (Phi) is 3.29. The summed E-state index contributed by atoms with van der Waals surface area (Å²) in [6, 6.07) is 14.4. The van der Waals surface area contributed by atoms with Crippen molar-refractivity contribution in [2.75, 3.05) is 0 Å². The number of hydrogen-bond acceptors (Lipinski definition) is 2. The number of fused-ring (bicyclic) bond motifs is 1. The second-order valence-corrected chi connectivity index (χ2v) is 5.24. The molecule has 1 heterocycles. The molecule has 0 fully saturated rings. The molecule has 1 aromatic heterocycles. The number of rotatable bonds is 2. The first kappa shape index (κ1) is 14.1. The van der Waals surface area contributed by atoms with Crippen molar-refractivity contribution in [3.8, 4) is 5.69 Å². The van der Waals surface area contributed by atoms with Gasteiger partial charge in [-0.15, -0.1) is 0 Å². The van der Waals surface area contributed by atoms with E-state index in [1.165, 1.54) is 4.57 Å². The number of carboxylic acids is 1. The summed E-state index contributed by atoms with van der Waals surface area (Å²) in [6.07, 6.45) is 0. The summed E-state index contributed by atoms with van der Waals surface area (Å²) in [5, 5.41) is 10.5. The average molecular weight is 293 g/mol. The van der Waals surface area contributed by atoms with Crippen LogP contribution in [0.4, 0.5) is 0 Å². The van der Waals surface area contributed by atoms with Crippen molar-refractivity contribution in [2.24, 2.45) is 0 Å². The molecule has 22 heavy (non-hydrogen) atoms. The maximum Gasteiger partial charge on any atom is 0.338 e. The van der Waals surface area contributed by atoms with E-state index in [2.05, 4.69) is 0 Å². The Morgan fingerprint density at radius 1 is 1.00 bits per heavy atom. The van der Waals surface area contributed by atoms with Crippen LogP contribution < -0.4 is 5.56 Å². The number of aromatic carboxylic acids is 1. The van der Waals surface area contributed by atoms with Crippen molar-refractivity contribution in [3.63, 3.8) is 0 Å². The standard InChI is InChI=1S/C18H15NO3/c1-11-7-6-10-14-15(11)17(20)19(12(2)16(14)18(21)22)13-8-4-3-5-9-13/h3-10H,1-2H3,(H,21,22). The Morgan fingerprint density at radius 2 is 1.68 bits per heavy atom. The minimum Gasteiger partial charge on any atom is -0.478 e. The van der Waals surface area contributed by atoms with Gasteiger partial charge in [0.1, 0.15) is 0 Å². The van der Waals surface area contributed by atoms with E-state index >= 15 is 0 Å². The number of carboxylic acid groups (broad SMARTS) is 1. The average Bonchev–Trinajstić information content (AvgIpc) is 2.48. The summed E-state index contributed by atoms with van der Waals surface area (Å²) in [7, 11) is 0. The van der Waals surface area contributed by atoms with Crippen LogP contribution in [0.15, 0.2) is 53.3 Å². The first-order valence-corrected chi connectivity index (χ1v) is 6.96. The fourth-order valence-corrected chi connectivity index (χ4v) is 2.89. The molecule has 0 aliphatic rings. The molecule has 0 saturated heterocycles. The van der Waals surface area contributed by atoms with Gasteiger partial charge in [-0.2, -0.15) is 0 Å². The number of hydrogen-bond donors (Lipinski definition) is 1. The summed E-state index contributed by atoms with van der Waals surface area (Å²) in [5.74, 6) is -1.03. The van der Waals surface area contributed by atoms with Gasteiger partial charge in [0.05, 0.1) is 10.9 Å². The molecule has 1 N–H and O–H groups in total. The zero-order chi connectivity index (χ0) is 15.9. The first-order valence-electron chi connectivity index (χ1n) is 6.96. The van der Waals surface area contributed by atoms with Gasteiger partial charge in [0.2, 0.25) is 0 Å². The third kappa shape index (κ3) is 2.00. The van der Waals surface area contributed by atoms with E-state index in [9.17, 15) is 14.7 Å². The number of pyridine rings is 1. The smallest absolute Gasteiger partial charge is 0.338 e. The molecule has 110 valence electrons. The van der Waals surface area contributed by atoms with E-state index in [0.29, 0.717) is 22.2 Å². The highest BCUT2D eigenvalue weighted by Crippen LogP contribution is 2.24. The number of benzene rings is 2. The number of carbonyl (C=O) groups is 1. The summed E-state index contributed by atoms with van der Waals surface area (Å²) < 4.78 is 1.47. The van der Waals surface area contributed by atoms with Crippen molar-refractivity contribution in [1.82, 2.24) is 4.57 Å². The minimum absolute atomic E-state index is 0.169. The van der Waals surface area contributed by atoms with E-state index in [0.717, 1.165) is 5.56 Å². The van der Waals surface area contributed by atoms with Crippen molar-refractivity contribution in [3.05, 3.63) is 75.7 Å². The molecular weight excluding hydrogens is 278 g/mol. The van der Waals surface area contributed by atoms with Crippen LogP contribution in [0.1, 0.15) is 21.6 Å². The fourth-order valence-electron chi connectivity index (χ4n) is 2.89. The lowest BCUT2D eigenvalue weighted by atomic mass is 10.0. The molecular formula is C18H15NO3. The zero-order valence-corrected chi connectivity index (χ0v) is 12.3. The molecule has 3 rings (SSSR count). The van der Waals surface area contributed by atoms with E-state index in [4.69, 9.17) is 0 Å². The van der Waals surface area contributed by atoms with E-state index in [1.807, 2.05) is 31.2 Å². The molecule has 0 unspecified atom stereocenters. The second-order valence-electron chi connectivity index (χ2n) is 5.24. The van der Waals surface area contributed by atoms with Crippen LogP contribution in [0.25, 0.3) is 16.5 Å². The van der Waals surface area contributed by atoms with Crippen LogP contribution in [0.2, 0.25) is 0 Å². The molecule has 2 aromatic carbocycles. The van der Waals surface area contributed by atoms with E-state index in [1.54, 1.807) is 31.2 Å². The summed E-state index contributed by atoms with van der Waals surface area (Å²) in [4.78, 5) is 24.6. The Balaban J connectivity index is 2.57. The highest BCUT2D eigenvalue weighted by Gasteiger charge is 2.20. The lowest BCUT2D eigenvalue weighted by Gasteiger charge is -2.16. The molecule has 3 aromatic rings. The molecule has 0 aliphatic heterocycles. The van der Waals surface area contributed by atoms with Gasteiger partial charge in [0.25, 0.3) is 5.56 Å². The van der Waals surface area contributed by atoms with Gasteiger partial charge in [0, 0.05) is 16.8 Å². The van der Waals surface area contributed by atoms with Crippen LogP contribution in [-0.2, 0) is 0 Å². The molecule has 0 aliphatic carbocycles. The molecule has 0 spiro atoms. The number of nitrogens with zero attached hydrogens (tertiary/aromatic N) is 1. The Labute approximate surface area is 127 Å². The van der Waals surface area contributed by atoms with Gasteiger partial charge in [-0.25, -0.2) is 4.79 Å². The number of aryl methyl sites for hydroxylation is 1. The predicted molar refractivity (Wildman–Crippen MR) is 86.0 cm³/mol. The van der Waals surface area contributed by atoms with Gasteiger partial charge in [-0.1, -0.05) is 36.4 Å². The van der Waals surface area contributed by atoms with Gasteiger partial charge in [-0.3, -0.25) is 9.36 Å². The monoisotopic (exact) mass is 293 g/mol. The van der Waals surface area contributed by atoms with Crippen molar-refractivity contribution < 1.29 is 9.90 Å². The molecule has 0 amide bonds. The van der Waals surface area contributed by atoms with Crippen molar-refractivity contribution in [1.29, 1.82) is 0 Å². The molecule has 0 radical (unpaired) electrons. The summed E-state index contributed by atoms with van der Waals surface area (Å²) in [6.45, 7) is 3.49. The normalized spacial score (nSPS) is 10.8. The molecule has 0 bridgehead atoms. The van der Waals surface area contributed by atoms with Gasteiger partial charge >= 0.3 is 5.97 Å². The van der Waals surface area contributed by atoms with Gasteiger partial charge in [0.15, 0.2) is 0 Å². The van der Waals surface area contributed by atoms with Crippen molar-refractivity contribution in [2.45, 2.75) is 13.8 Å². The summed E-state index contributed by atoms with van der Waals surface area (Å²) >= 11 is 0. The van der Waals surface area contributed by atoms with Crippen LogP contribution in [-0.4, -0.2) is 15.6 Å². The maximum atomic E-state index is 12.9. The van der Waals surface area contributed by atoms with Crippen LogP contribution in [0.3, 0.4) is 0 Å². The lowest BCUT2D eigenvalue weighted by Crippen LogP contribution is -2.24. The Hall–Kier alpha value is -2.88. The molecule has 4 nitrogen and oxygen atoms in total. The second kappa shape index (κ2) is 5.15. The van der Waals surface area contributed by atoms with Crippen LogP contribution >= 0.6 is 0 Å². The Morgan fingerprint density at radius 3 is 2.32 bits per heavy atom. The predicted octanol–water partition coefficient (Wildman–Crippen LogP) is 3.31. The van der Waals surface area contributed by atoms with Crippen LogP contribution in [0.5, 0.6) is 0 Å². The number of para-hydroxylation sites is 1. The first-order chi connectivity index (χ1) is 10.5. The highest BCUT2D eigenvalue weighted by atomic mass is 16.4. The zero-order valence-electron chi connectivity index (χ0n) is 12.3. The minimum atomic E-state index is -1.03. The number of aromatic nitrogens is 1. The van der Waals surface area contributed by atoms with Crippen molar-refractivity contribution >= 4 is 16.7 Å².